The summed E-state index contributed by atoms with van der Waals surface area (Å²) in [5.74, 6) is 0. The van der Waals surface area contributed by atoms with Crippen molar-refractivity contribution in [2.24, 2.45) is 0 Å². The van der Waals surface area contributed by atoms with E-state index in [9.17, 15) is 0 Å². The Morgan fingerprint density at radius 1 is 0.308 bits per heavy atom. The molecule has 0 aliphatic carbocycles. The number of nitrogens with zero attached hydrogens (tertiary/aromatic N) is 2. The van der Waals surface area contributed by atoms with Gasteiger partial charge in [0.05, 0.1) is 22.1 Å². The van der Waals surface area contributed by atoms with Gasteiger partial charge in [-0.25, -0.2) is 9.97 Å². The second-order valence-corrected chi connectivity index (χ2v) is 5.93. The summed E-state index contributed by atoms with van der Waals surface area (Å²) in [5, 5.41) is 0. The molecule has 26 heavy (non-hydrogen) atoms. The second kappa shape index (κ2) is 7.58. The minimum absolute atomic E-state index is 0.950. The van der Waals surface area contributed by atoms with Crippen molar-refractivity contribution in [1.29, 1.82) is 0 Å². The van der Waals surface area contributed by atoms with E-state index in [0.717, 1.165) is 22.1 Å². The van der Waals surface area contributed by atoms with Gasteiger partial charge in [-0.1, -0.05) is 84.9 Å². The van der Waals surface area contributed by atoms with Gasteiger partial charge in [0.1, 0.15) is 0 Å². The first-order valence-electron chi connectivity index (χ1n) is 8.62. The normalized spacial score (nSPS) is 10.3. The smallest absolute Gasteiger partial charge is 0.0894 e. The zero-order chi connectivity index (χ0) is 17.6. The van der Waals surface area contributed by atoms with Crippen LogP contribution in [0.15, 0.2) is 109 Å². The van der Waals surface area contributed by atoms with Crippen molar-refractivity contribution in [2.45, 2.75) is 0 Å². The fourth-order valence-electron chi connectivity index (χ4n) is 2.83. The molecule has 1 aromatic heterocycles. The number of hydrogen-bond acceptors (Lipinski definition) is 2. The predicted octanol–water partition coefficient (Wildman–Crippen LogP) is 6.14. The molecule has 0 spiro atoms. The maximum absolute atomic E-state index is 4.52. The molecule has 0 unspecified atom stereocenters. The van der Waals surface area contributed by atoms with Crippen molar-refractivity contribution >= 4 is 22.1 Å². The lowest BCUT2D eigenvalue weighted by Gasteiger charge is -1.98. The van der Waals surface area contributed by atoms with Crippen molar-refractivity contribution in [2.75, 3.05) is 0 Å². The van der Waals surface area contributed by atoms with Crippen LogP contribution in [0.3, 0.4) is 0 Å². The van der Waals surface area contributed by atoms with Gasteiger partial charge in [0.25, 0.3) is 0 Å². The van der Waals surface area contributed by atoms with Crippen LogP contribution in [0.2, 0.25) is 0 Å². The lowest BCUT2D eigenvalue weighted by atomic mass is 10.1. The molecule has 0 fully saturated rings. The standard InChI is InChI=1S/C12H8N2.C12H10/c1-2-6-10-9(5-1)13-11-7-3-4-8-12(11)14-10;1-3-7-11(8-4-1)12-9-5-2-6-10-12/h1-8H;1-10H. The zero-order valence-electron chi connectivity index (χ0n) is 14.3. The highest BCUT2D eigenvalue weighted by Gasteiger charge is 1.98. The average molecular weight is 334 g/mol. The van der Waals surface area contributed by atoms with Gasteiger partial charge in [-0.2, -0.15) is 0 Å². The largest absolute Gasteiger partial charge is 0.245 e. The summed E-state index contributed by atoms with van der Waals surface area (Å²) in [5.41, 5.74) is 6.35. The van der Waals surface area contributed by atoms with E-state index in [0.29, 0.717) is 0 Å². The van der Waals surface area contributed by atoms with Gasteiger partial charge in [-0.3, -0.25) is 0 Å². The van der Waals surface area contributed by atoms with E-state index in [1.165, 1.54) is 11.1 Å². The van der Waals surface area contributed by atoms with Gasteiger partial charge in [0.2, 0.25) is 0 Å². The lowest BCUT2D eigenvalue weighted by molar-refractivity contribution is 1.39. The summed E-state index contributed by atoms with van der Waals surface area (Å²) in [6.07, 6.45) is 0. The van der Waals surface area contributed by atoms with Crippen LogP contribution in [-0.2, 0) is 0 Å². The fraction of sp³-hybridized carbons (Fsp3) is 0. The third-order valence-electron chi connectivity index (χ3n) is 4.13. The fourth-order valence-corrected chi connectivity index (χ4v) is 2.83. The number of rotatable bonds is 1. The Hall–Kier alpha value is -3.52. The van der Waals surface area contributed by atoms with Crippen molar-refractivity contribution < 1.29 is 0 Å². The summed E-state index contributed by atoms with van der Waals surface area (Å²) in [6, 6.07) is 36.6. The Bertz CT molecular complexity index is 977. The molecule has 0 aliphatic heterocycles. The second-order valence-electron chi connectivity index (χ2n) is 5.93. The van der Waals surface area contributed by atoms with Crippen LogP contribution < -0.4 is 0 Å². The topological polar surface area (TPSA) is 25.8 Å². The van der Waals surface area contributed by atoms with Crippen molar-refractivity contribution in [1.82, 2.24) is 9.97 Å². The van der Waals surface area contributed by atoms with Gasteiger partial charge in [-0.05, 0) is 35.4 Å². The van der Waals surface area contributed by atoms with Crippen LogP contribution >= 0.6 is 0 Å². The van der Waals surface area contributed by atoms with E-state index < -0.39 is 0 Å². The molecule has 5 aromatic rings. The highest BCUT2D eigenvalue weighted by atomic mass is 14.8. The van der Waals surface area contributed by atoms with E-state index in [1.807, 2.05) is 60.7 Å². The summed E-state index contributed by atoms with van der Waals surface area (Å²) >= 11 is 0. The Morgan fingerprint density at radius 3 is 0.885 bits per heavy atom. The van der Waals surface area contributed by atoms with Crippen molar-refractivity contribution in [3.05, 3.63) is 109 Å². The molecule has 124 valence electrons. The van der Waals surface area contributed by atoms with Gasteiger partial charge < -0.3 is 0 Å². The molecule has 2 heteroatoms. The molecular formula is C24H18N2. The SMILES string of the molecule is c1ccc(-c2ccccc2)cc1.c1ccc2nc3ccccc3nc2c1. The van der Waals surface area contributed by atoms with Crippen molar-refractivity contribution in [3.63, 3.8) is 0 Å². The molecule has 1 heterocycles. The monoisotopic (exact) mass is 334 g/mol. The molecule has 0 bridgehead atoms. The minimum Gasteiger partial charge on any atom is -0.245 e. The van der Waals surface area contributed by atoms with E-state index in [2.05, 4.69) is 58.5 Å². The molecule has 0 aliphatic rings. The first-order valence-corrected chi connectivity index (χ1v) is 8.62. The Balaban J connectivity index is 0.000000131. The quantitative estimate of drug-likeness (QED) is 0.344. The molecule has 5 rings (SSSR count). The molecule has 0 radical (unpaired) electrons. The van der Waals surface area contributed by atoms with Gasteiger partial charge >= 0.3 is 0 Å². The molecule has 0 amide bonds. The third kappa shape index (κ3) is 3.60. The molecule has 4 aromatic carbocycles. The molecule has 0 saturated carbocycles. The lowest BCUT2D eigenvalue weighted by Crippen LogP contribution is -1.85. The van der Waals surface area contributed by atoms with Crippen LogP contribution in [0.4, 0.5) is 0 Å². The Labute approximate surface area is 152 Å². The van der Waals surface area contributed by atoms with E-state index in [1.54, 1.807) is 0 Å². The van der Waals surface area contributed by atoms with Crippen molar-refractivity contribution in [3.8, 4) is 11.1 Å². The predicted molar refractivity (Wildman–Crippen MR) is 109 cm³/mol. The van der Waals surface area contributed by atoms with Crippen LogP contribution in [0.5, 0.6) is 0 Å². The number of aromatic nitrogens is 2. The highest BCUT2D eigenvalue weighted by Crippen LogP contribution is 2.17. The molecule has 0 N–H and O–H groups in total. The highest BCUT2D eigenvalue weighted by molar-refractivity contribution is 5.85. The maximum Gasteiger partial charge on any atom is 0.0894 e. The van der Waals surface area contributed by atoms with E-state index in [-0.39, 0.29) is 0 Å². The Morgan fingerprint density at radius 2 is 0.577 bits per heavy atom. The number of para-hydroxylation sites is 4. The third-order valence-corrected chi connectivity index (χ3v) is 4.13. The van der Waals surface area contributed by atoms with E-state index >= 15 is 0 Å². The number of fused-ring (bicyclic) bond motifs is 2. The first-order chi connectivity index (χ1) is 12.9. The summed E-state index contributed by atoms with van der Waals surface area (Å²) in [4.78, 5) is 9.03. The van der Waals surface area contributed by atoms with Crippen LogP contribution in [0, 0.1) is 0 Å². The summed E-state index contributed by atoms with van der Waals surface area (Å²) in [7, 11) is 0. The number of hydrogen-bond donors (Lipinski definition) is 0. The minimum atomic E-state index is 0.950. The van der Waals surface area contributed by atoms with E-state index in [4.69, 9.17) is 0 Å². The van der Waals surface area contributed by atoms with Gasteiger partial charge in [0.15, 0.2) is 0 Å². The maximum atomic E-state index is 4.52. The van der Waals surface area contributed by atoms with Gasteiger partial charge in [0, 0.05) is 0 Å². The molecule has 2 nitrogen and oxygen atoms in total. The average Bonchev–Trinajstić information content (AvgIpc) is 2.74. The zero-order valence-corrected chi connectivity index (χ0v) is 14.3. The molecule has 0 saturated heterocycles. The molecular weight excluding hydrogens is 316 g/mol. The number of benzene rings is 4. The summed E-state index contributed by atoms with van der Waals surface area (Å²) < 4.78 is 0. The molecule has 0 atom stereocenters. The Kier molecular flexibility index (Phi) is 4.66. The first kappa shape index (κ1) is 16.0. The van der Waals surface area contributed by atoms with Crippen LogP contribution in [0.1, 0.15) is 0 Å². The van der Waals surface area contributed by atoms with Gasteiger partial charge in [-0.15, -0.1) is 0 Å². The van der Waals surface area contributed by atoms with Crippen LogP contribution in [0.25, 0.3) is 33.2 Å². The summed E-state index contributed by atoms with van der Waals surface area (Å²) in [6.45, 7) is 0. The van der Waals surface area contributed by atoms with Crippen LogP contribution in [-0.4, -0.2) is 9.97 Å².